The smallest absolute Gasteiger partial charge is 0.119 e. The van der Waals surface area contributed by atoms with E-state index >= 15 is 0 Å². The molecule has 1 heterocycles. The summed E-state index contributed by atoms with van der Waals surface area (Å²) < 4.78 is 5.22. The molecule has 17 heavy (non-hydrogen) atoms. The number of hydrogen-bond acceptors (Lipinski definition) is 3. The number of rotatable bonds is 2. The normalized spacial score (nSPS) is 26.5. The number of hydrogen-bond donors (Lipinski definition) is 1. The highest BCUT2D eigenvalue weighted by Gasteiger charge is 2.32. The summed E-state index contributed by atoms with van der Waals surface area (Å²) in [5.41, 5.74) is 0.227. The number of ether oxygens (including phenoxy) is 1. The molecule has 3 nitrogen and oxygen atoms in total. The second-order valence-electron chi connectivity index (χ2n) is 4.96. The number of β-amino-alcohol motifs (C(OH)–C–C–N with tert-alkyl or cyclic N) is 1. The Hall–Kier alpha value is -1.06. The maximum absolute atomic E-state index is 10.8. The van der Waals surface area contributed by atoms with Crippen molar-refractivity contribution < 1.29 is 9.84 Å². The molecular formula is C14H21NO2. The minimum absolute atomic E-state index is 0.695. The summed E-state index contributed by atoms with van der Waals surface area (Å²) in [6.07, 6.45) is 3.05. The summed E-state index contributed by atoms with van der Waals surface area (Å²) in [7, 11) is 3.72. The Balaban J connectivity index is 2.28. The van der Waals surface area contributed by atoms with Gasteiger partial charge in [0.1, 0.15) is 11.4 Å². The van der Waals surface area contributed by atoms with Crippen molar-refractivity contribution in [2.45, 2.75) is 24.9 Å². The fourth-order valence-electron chi connectivity index (χ4n) is 2.55. The number of methoxy groups -OCH3 is 1. The topological polar surface area (TPSA) is 32.7 Å². The number of aliphatic hydroxyl groups is 1. The highest BCUT2D eigenvalue weighted by Crippen LogP contribution is 2.32. The van der Waals surface area contributed by atoms with Crippen LogP contribution in [0.3, 0.4) is 0 Å². The van der Waals surface area contributed by atoms with Crippen LogP contribution in [0, 0.1) is 0 Å². The maximum atomic E-state index is 10.8. The van der Waals surface area contributed by atoms with Gasteiger partial charge in [-0.25, -0.2) is 0 Å². The molecule has 1 saturated heterocycles. The predicted molar refractivity (Wildman–Crippen MR) is 68.2 cm³/mol. The molecule has 0 radical (unpaired) electrons. The van der Waals surface area contributed by atoms with Crippen molar-refractivity contribution in [3.8, 4) is 5.75 Å². The van der Waals surface area contributed by atoms with Gasteiger partial charge in [-0.05, 0) is 50.6 Å². The third kappa shape index (κ3) is 2.79. The molecule has 0 aromatic heterocycles. The van der Waals surface area contributed by atoms with E-state index in [1.54, 1.807) is 7.11 Å². The van der Waals surface area contributed by atoms with E-state index in [0.29, 0.717) is 6.54 Å². The first kappa shape index (κ1) is 12.4. The third-order valence-corrected chi connectivity index (χ3v) is 3.52. The summed E-state index contributed by atoms with van der Waals surface area (Å²) in [4.78, 5) is 2.20. The Morgan fingerprint density at radius 3 is 2.94 bits per heavy atom. The lowest BCUT2D eigenvalue weighted by atomic mass is 9.89. The van der Waals surface area contributed by atoms with Gasteiger partial charge in [0.25, 0.3) is 0 Å². The third-order valence-electron chi connectivity index (χ3n) is 3.52. The van der Waals surface area contributed by atoms with Gasteiger partial charge in [0.05, 0.1) is 7.11 Å². The molecule has 0 spiro atoms. The Morgan fingerprint density at radius 1 is 1.35 bits per heavy atom. The number of benzene rings is 1. The van der Waals surface area contributed by atoms with E-state index in [1.807, 2.05) is 24.3 Å². The Labute approximate surface area is 103 Å². The highest BCUT2D eigenvalue weighted by atomic mass is 16.5. The zero-order valence-corrected chi connectivity index (χ0v) is 10.6. The molecule has 94 valence electrons. The van der Waals surface area contributed by atoms with Gasteiger partial charge in [-0.2, -0.15) is 0 Å². The van der Waals surface area contributed by atoms with Gasteiger partial charge in [-0.3, -0.25) is 0 Å². The monoisotopic (exact) mass is 235 g/mol. The molecule has 1 unspecified atom stereocenters. The van der Waals surface area contributed by atoms with Gasteiger partial charge < -0.3 is 14.7 Å². The van der Waals surface area contributed by atoms with Crippen molar-refractivity contribution in [1.29, 1.82) is 0 Å². The van der Waals surface area contributed by atoms with Crippen LogP contribution in [-0.2, 0) is 5.60 Å². The maximum Gasteiger partial charge on any atom is 0.119 e. The number of nitrogens with zero attached hydrogens (tertiary/aromatic N) is 1. The van der Waals surface area contributed by atoms with Gasteiger partial charge in [0.15, 0.2) is 0 Å². The fraction of sp³-hybridized carbons (Fsp3) is 0.571. The first-order valence-electron chi connectivity index (χ1n) is 6.19. The molecule has 0 saturated carbocycles. The molecule has 0 amide bonds. The van der Waals surface area contributed by atoms with Crippen LogP contribution >= 0.6 is 0 Å². The first-order chi connectivity index (χ1) is 8.14. The predicted octanol–water partition coefficient (Wildman–Crippen LogP) is 2.00. The van der Waals surface area contributed by atoms with E-state index < -0.39 is 5.60 Å². The van der Waals surface area contributed by atoms with Crippen LogP contribution in [0.2, 0.25) is 0 Å². The summed E-state index contributed by atoms with van der Waals surface area (Å²) in [6, 6.07) is 7.78. The summed E-state index contributed by atoms with van der Waals surface area (Å²) >= 11 is 0. The lowest BCUT2D eigenvalue weighted by molar-refractivity contribution is 0.00759. The molecule has 1 aliphatic rings. The van der Waals surface area contributed by atoms with Crippen LogP contribution in [-0.4, -0.2) is 37.3 Å². The van der Waals surface area contributed by atoms with E-state index in [2.05, 4.69) is 11.9 Å². The lowest BCUT2D eigenvalue weighted by Gasteiger charge is -2.30. The first-order valence-corrected chi connectivity index (χ1v) is 6.19. The molecule has 2 rings (SSSR count). The quantitative estimate of drug-likeness (QED) is 0.851. The summed E-state index contributed by atoms with van der Waals surface area (Å²) in [5, 5.41) is 10.8. The van der Waals surface area contributed by atoms with Crippen LogP contribution in [0.15, 0.2) is 24.3 Å². The van der Waals surface area contributed by atoms with Crippen LogP contribution in [0.5, 0.6) is 5.75 Å². The van der Waals surface area contributed by atoms with Gasteiger partial charge in [-0.15, -0.1) is 0 Å². The van der Waals surface area contributed by atoms with Gasteiger partial charge in [0, 0.05) is 6.54 Å². The molecule has 0 aliphatic carbocycles. The average Bonchev–Trinajstić information content (AvgIpc) is 2.51. The summed E-state index contributed by atoms with van der Waals surface area (Å²) in [6.45, 7) is 1.76. The number of likely N-dealkylation sites (tertiary alicyclic amines) is 1. The molecule has 1 fully saturated rings. The minimum Gasteiger partial charge on any atom is -0.497 e. The van der Waals surface area contributed by atoms with Gasteiger partial charge in [0.2, 0.25) is 0 Å². The lowest BCUT2D eigenvalue weighted by Crippen LogP contribution is -2.37. The molecule has 1 N–H and O–H groups in total. The molecule has 1 aliphatic heterocycles. The Bertz CT molecular complexity index is 380. The zero-order valence-electron chi connectivity index (χ0n) is 10.6. The molecule has 3 heteroatoms. The van der Waals surface area contributed by atoms with E-state index in [-0.39, 0.29) is 0 Å². The van der Waals surface area contributed by atoms with Gasteiger partial charge in [-0.1, -0.05) is 12.1 Å². The van der Waals surface area contributed by atoms with Crippen LogP contribution in [0.1, 0.15) is 24.8 Å². The molecule has 0 bridgehead atoms. The Morgan fingerprint density at radius 2 is 2.18 bits per heavy atom. The van der Waals surface area contributed by atoms with Crippen LogP contribution in [0.4, 0.5) is 0 Å². The molecular weight excluding hydrogens is 214 g/mol. The van der Waals surface area contributed by atoms with Crippen molar-refractivity contribution in [2.24, 2.45) is 0 Å². The molecule has 1 atom stereocenters. The molecule has 1 aromatic carbocycles. The standard InChI is InChI=1S/C14H21NO2/c1-15-9-4-3-8-14(16,11-15)12-6-5-7-13(10-12)17-2/h5-7,10,16H,3-4,8-9,11H2,1-2H3. The zero-order chi connectivity index (χ0) is 12.3. The van der Waals surface area contributed by atoms with E-state index in [1.165, 1.54) is 0 Å². The van der Waals surface area contributed by atoms with Crippen LogP contribution in [0.25, 0.3) is 0 Å². The van der Waals surface area contributed by atoms with Gasteiger partial charge >= 0.3 is 0 Å². The second-order valence-corrected chi connectivity index (χ2v) is 4.96. The van der Waals surface area contributed by atoms with E-state index in [4.69, 9.17) is 4.74 Å². The second kappa shape index (κ2) is 5.07. The Kier molecular flexibility index (Phi) is 3.69. The number of likely N-dealkylation sites (N-methyl/N-ethyl adjacent to an activating group) is 1. The molecule has 1 aromatic rings. The van der Waals surface area contributed by atoms with E-state index in [9.17, 15) is 5.11 Å². The van der Waals surface area contributed by atoms with E-state index in [0.717, 1.165) is 37.1 Å². The van der Waals surface area contributed by atoms with Crippen molar-refractivity contribution in [3.05, 3.63) is 29.8 Å². The van der Waals surface area contributed by atoms with Crippen molar-refractivity contribution >= 4 is 0 Å². The van der Waals surface area contributed by atoms with Crippen LogP contribution < -0.4 is 4.74 Å². The SMILES string of the molecule is COc1cccc(C2(O)CCCCN(C)C2)c1. The van der Waals surface area contributed by atoms with Crippen molar-refractivity contribution in [2.75, 3.05) is 27.2 Å². The summed E-state index contributed by atoms with van der Waals surface area (Å²) in [5.74, 6) is 0.808. The largest absolute Gasteiger partial charge is 0.497 e. The average molecular weight is 235 g/mol. The minimum atomic E-state index is -0.736. The van der Waals surface area contributed by atoms with Crippen molar-refractivity contribution in [1.82, 2.24) is 4.90 Å². The highest BCUT2D eigenvalue weighted by molar-refractivity contribution is 5.32. The fourth-order valence-corrected chi connectivity index (χ4v) is 2.55. The van der Waals surface area contributed by atoms with Crippen molar-refractivity contribution in [3.63, 3.8) is 0 Å².